The molecule has 0 unspecified atom stereocenters. The summed E-state index contributed by atoms with van der Waals surface area (Å²) < 4.78 is 45.8. The lowest BCUT2D eigenvalue weighted by atomic mass is 10.2. The molecule has 0 bridgehead atoms. The minimum Gasteiger partial charge on any atom is -0.497 e. The van der Waals surface area contributed by atoms with Crippen LogP contribution in [0, 0.1) is 0 Å². The second-order valence-corrected chi connectivity index (χ2v) is 6.85. The topological polar surface area (TPSA) is 84.0 Å². The molecule has 154 valence electrons. The van der Waals surface area contributed by atoms with Gasteiger partial charge in [-0.3, -0.25) is 0 Å². The number of amides is 2. The molecule has 0 saturated heterocycles. The minimum atomic E-state index is -2.60. The molecule has 2 aromatic carbocycles. The van der Waals surface area contributed by atoms with Crippen LogP contribution in [0.5, 0.6) is 5.75 Å². The lowest BCUT2D eigenvalue weighted by Gasteiger charge is -2.10. The summed E-state index contributed by atoms with van der Waals surface area (Å²) in [6, 6.07) is 16.0. The predicted molar refractivity (Wildman–Crippen MR) is 123 cm³/mol. The van der Waals surface area contributed by atoms with E-state index < -0.39 is 19.6 Å². The first-order valence-electron chi connectivity index (χ1n) is 12.0. The van der Waals surface area contributed by atoms with Gasteiger partial charge in [0.1, 0.15) is 11.4 Å². The zero-order valence-corrected chi connectivity index (χ0v) is 16.2. The Kier molecular flexibility index (Phi) is 3.52. The van der Waals surface area contributed by atoms with E-state index in [9.17, 15) is 4.79 Å². The molecule has 5 aromatic rings. The smallest absolute Gasteiger partial charge is 0.323 e. The number of methoxy groups -OCH3 is 1. The molecule has 2 amide bonds. The van der Waals surface area contributed by atoms with Crippen LogP contribution in [0.2, 0.25) is 0 Å². The molecule has 3 heterocycles. The van der Waals surface area contributed by atoms with Crippen LogP contribution in [0.3, 0.4) is 0 Å². The van der Waals surface area contributed by atoms with Crippen LogP contribution in [-0.4, -0.2) is 27.6 Å². The zero-order chi connectivity index (χ0) is 25.5. The Balaban J connectivity index is 1.40. The van der Waals surface area contributed by atoms with Gasteiger partial charge in [-0.05, 0) is 48.0 Å². The van der Waals surface area contributed by atoms with E-state index in [4.69, 9.17) is 11.6 Å². The van der Waals surface area contributed by atoms with Gasteiger partial charge in [-0.2, -0.15) is 0 Å². The van der Waals surface area contributed by atoms with Crippen molar-refractivity contribution < 1.29 is 16.4 Å². The highest BCUT2D eigenvalue weighted by molar-refractivity contribution is 6.05. The number of rotatable bonds is 5. The SMILES string of the molecule is [2H]C([2H])([2H])Oc1cccc(NC(=O)Nc2cccc3c2ccn3C([2H])([2H])c2c[nH]c3ncccc23)c1. The molecule has 7 heteroatoms. The van der Waals surface area contributed by atoms with E-state index in [0.29, 0.717) is 38.9 Å². The second kappa shape index (κ2) is 7.87. The number of urea groups is 1. The third-order valence-corrected chi connectivity index (χ3v) is 4.88. The largest absolute Gasteiger partial charge is 0.497 e. The summed E-state index contributed by atoms with van der Waals surface area (Å²) in [5.41, 5.74) is 2.46. The predicted octanol–water partition coefficient (Wildman–Crippen LogP) is 5.22. The van der Waals surface area contributed by atoms with Crippen molar-refractivity contribution in [2.24, 2.45) is 0 Å². The summed E-state index contributed by atoms with van der Waals surface area (Å²) in [5.74, 6) is 0.0988. The average molecular weight is 416 g/mol. The first-order chi connectivity index (χ1) is 17.1. The summed E-state index contributed by atoms with van der Waals surface area (Å²) in [6.45, 7) is -1.90. The summed E-state index contributed by atoms with van der Waals surface area (Å²) in [5, 5.41) is 6.76. The normalized spacial score (nSPS) is 14.3. The Morgan fingerprint density at radius 1 is 1.16 bits per heavy atom. The van der Waals surface area contributed by atoms with E-state index >= 15 is 0 Å². The maximum absolute atomic E-state index is 12.7. The number of hydrogen-bond donors (Lipinski definition) is 3. The van der Waals surface area contributed by atoms with Gasteiger partial charge in [-0.1, -0.05) is 12.1 Å². The van der Waals surface area contributed by atoms with Crippen molar-refractivity contribution in [3.63, 3.8) is 0 Å². The summed E-state index contributed by atoms with van der Waals surface area (Å²) >= 11 is 0. The maximum Gasteiger partial charge on any atom is 0.323 e. The van der Waals surface area contributed by atoms with Gasteiger partial charge >= 0.3 is 6.03 Å². The number of nitrogens with zero attached hydrogens (tertiary/aromatic N) is 2. The van der Waals surface area contributed by atoms with Crippen molar-refractivity contribution in [3.8, 4) is 5.75 Å². The lowest BCUT2D eigenvalue weighted by molar-refractivity contribution is 0.262. The molecule has 0 fully saturated rings. The van der Waals surface area contributed by atoms with Crippen molar-refractivity contribution >= 4 is 39.3 Å². The third kappa shape index (κ3) is 3.69. The number of ether oxygens (including phenoxy) is 1. The Morgan fingerprint density at radius 2 is 2.10 bits per heavy atom. The summed E-state index contributed by atoms with van der Waals surface area (Å²) in [6.07, 6.45) is 4.89. The molecule has 3 N–H and O–H groups in total. The Labute approximate surface area is 185 Å². The number of anilines is 2. The number of pyridine rings is 1. The number of hydrogen-bond acceptors (Lipinski definition) is 3. The number of carbonyl (C=O) groups is 1. The Bertz CT molecular complexity index is 1570. The minimum absolute atomic E-state index is 0.0988. The van der Waals surface area contributed by atoms with Crippen molar-refractivity contribution in [1.82, 2.24) is 14.5 Å². The van der Waals surface area contributed by atoms with E-state index in [1.807, 2.05) is 6.07 Å². The fourth-order valence-corrected chi connectivity index (χ4v) is 3.47. The van der Waals surface area contributed by atoms with E-state index in [0.717, 1.165) is 0 Å². The van der Waals surface area contributed by atoms with Crippen LogP contribution in [0.1, 0.15) is 12.4 Å². The highest BCUT2D eigenvalue weighted by Gasteiger charge is 2.11. The second-order valence-electron chi connectivity index (χ2n) is 6.85. The van der Waals surface area contributed by atoms with Gasteiger partial charge in [-0.25, -0.2) is 9.78 Å². The van der Waals surface area contributed by atoms with Crippen LogP contribution < -0.4 is 15.4 Å². The molecule has 0 aliphatic rings. The molecular weight excluding hydrogens is 390 g/mol. The van der Waals surface area contributed by atoms with E-state index in [1.54, 1.807) is 61.1 Å². The molecule has 31 heavy (non-hydrogen) atoms. The fraction of sp³-hybridized carbons (Fsp3) is 0.0833. The number of aromatic nitrogens is 3. The van der Waals surface area contributed by atoms with Crippen molar-refractivity contribution in [2.45, 2.75) is 6.50 Å². The van der Waals surface area contributed by atoms with Crippen LogP contribution in [0.15, 0.2) is 79.3 Å². The summed E-state index contributed by atoms with van der Waals surface area (Å²) in [7, 11) is -2.60. The van der Waals surface area contributed by atoms with Crippen molar-refractivity contribution in [2.75, 3.05) is 17.7 Å². The molecule has 0 saturated carbocycles. The number of carbonyl (C=O) groups excluding carboxylic acids is 1. The number of benzene rings is 2. The molecule has 3 aromatic heterocycles. The van der Waals surface area contributed by atoms with Gasteiger partial charge in [-0.15, -0.1) is 0 Å². The number of nitrogens with one attached hydrogen (secondary N) is 3. The fourth-order valence-electron chi connectivity index (χ4n) is 3.47. The summed E-state index contributed by atoms with van der Waals surface area (Å²) in [4.78, 5) is 19.9. The molecule has 0 aliphatic carbocycles. The quantitative estimate of drug-likeness (QED) is 0.367. The Morgan fingerprint density at radius 3 is 3.03 bits per heavy atom. The average Bonchev–Trinajstić information content (AvgIpc) is 3.44. The number of aromatic amines is 1. The van der Waals surface area contributed by atoms with E-state index in [2.05, 4.69) is 20.6 Å². The first kappa shape index (κ1) is 13.9. The van der Waals surface area contributed by atoms with Gasteiger partial charge < -0.3 is 24.9 Å². The van der Waals surface area contributed by atoms with Gasteiger partial charge in [0, 0.05) is 47.6 Å². The highest BCUT2D eigenvalue weighted by atomic mass is 16.5. The molecule has 5 rings (SSSR count). The van der Waals surface area contributed by atoms with Crippen molar-refractivity contribution in [1.29, 1.82) is 0 Å². The molecular formula is C24H21N5O2. The van der Waals surface area contributed by atoms with Crippen LogP contribution >= 0.6 is 0 Å². The van der Waals surface area contributed by atoms with Crippen molar-refractivity contribution in [3.05, 3.63) is 84.8 Å². The number of fused-ring (bicyclic) bond motifs is 2. The molecule has 7 nitrogen and oxygen atoms in total. The van der Waals surface area contributed by atoms with Crippen LogP contribution in [0.25, 0.3) is 21.9 Å². The lowest BCUT2D eigenvalue weighted by Crippen LogP contribution is -2.19. The molecule has 0 aliphatic heterocycles. The first-order valence-corrected chi connectivity index (χ1v) is 9.52. The third-order valence-electron chi connectivity index (χ3n) is 4.88. The number of H-pyrrole nitrogens is 1. The maximum atomic E-state index is 12.7. The van der Waals surface area contributed by atoms with E-state index in [-0.39, 0.29) is 5.75 Å². The highest BCUT2D eigenvalue weighted by Crippen LogP contribution is 2.27. The van der Waals surface area contributed by atoms with Gasteiger partial charge in [0.15, 0.2) is 0 Å². The monoisotopic (exact) mass is 416 g/mol. The molecule has 0 spiro atoms. The standard InChI is InChI=1S/C24H21N5O2/c1-31-18-6-2-5-17(13-18)27-24(30)28-21-8-3-9-22-20(21)10-12-29(22)15-16-14-26-23-19(16)7-4-11-25-23/h2-14H,15H2,1H3,(H,25,26)(H2,27,28,30)/i1D3,15D2. The van der Waals surface area contributed by atoms with E-state index in [1.165, 1.54) is 16.7 Å². The molecule has 0 radical (unpaired) electrons. The van der Waals surface area contributed by atoms with Gasteiger partial charge in [0.05, 0.1) is 25.1 Å². The Hall–Kier alpha value is -4.26. The van der Waals surface area contributed by atoms with Crippen LogP contribution in [-0.2, 0) is 6.50 Å². The molecule has 0 atom stereocenters. The van der Waals surface area contributed by atoms with Gasteiger partial charge in [0.2, 0.25) is 0 Å². The van der Waals surface area contributed by atoms with Gasteiger partial charge in [0.25, 0.3) is 0 Å². The zero-order valence-electron chi connectivity index (χ0n) is 21.2. The van der Waals surface area contributed by atoms with Crippen LogP contribution in [0.4, 0.5) is 16.2 Å².